The van der Waals surface area contributed by atoms with Crippen molar-refractivity contribution in [2.75, 3.05) is 19.8 Å². The van der Waals surface area contributed by atoms with Gasteiger partial charge in [0.25, 0.3) is 0 Å². The van der Waals surface area contributed by atoms with Gasteiger partial charge in [0.1, 0.15) is 0 Å². The fourth-order valence-electron chi connectivity index (χ4n) is 15.1. The number of hydrogen-bond acceptors (Lipinski definition) is 3. The molecule has 0 amide bonds. The van der Waals surface area contributed by atoms with E-state index in [0.717, 1.165) is 26.1 Å². The second kappa shape index (κ2) is 60.2. The first-order chi connectivity index (χ1) is 40.3. The molecule has 1 saturated carbocycles. The predicted octanol–water partition coefficient (Wildman–Crippen LogP) is 27.6. The van der Waals surface area contributed by atoms with E-state index in [1.165, 1.54) is 462 Å². The average Bonchev–Trinajstić information content (AvgIpc) is 3.99. The quantitative estimate of drug-likeness (QED) is 0.262. The summed E-state index contributed by atoms with van der Waals surface area (Å²) in [6, 6.07) is 0. The summed E-state index contributed by atoms with van der Waals surface area (Å²) in [5.74, 6) is -0.338. The largest absolute Gasteiger partial charge is 0.348 e. The van der Waals surface area contributed by atoms with Gasteiger partial charge in [-0.25, -0.2) is 0 Å². The van der Waals surface area contributed by atoms with Gasteiger partial charge in [-0.1, -0.05) is 424 Å². The maximum absolute atomic E-state index is 6.69. The molecule has 3 rings (SSSR count). The van der Waals surface area contributed by atoms with Crippen LogP contribution in [0.15, 0.2) is 0 Å². The zero-order valence-electron chi connectivity index (χ0n) is 56.1. The highest BCUT2D eigenvalue weighted by Crippen LogP contribution is 2.37. The lowest BCUT2D eigenvalue weighted by Crippen LogP contribution is -2.47. The van der Waals surface area contributed by atoms with Gasteiger partial charge in [0.15, 0.2) is 5.79 Å². The molecule has 1 N–H and O–H groups in total. The smallest absolute Gasteiger partial charge is 0.168 e. The van der Waals surface area contributed by atoms with Gasteiger partial charge < -0.3 is 14.8 Å². The van der Waals surface area contributed by atoms with E-state index in [1.54, 1.807) is 0 Å². The first-order valence-electron chi connectivity index (χ1n) is 39.4. The Morgan fingerprint density at radius 1 is 0.148 bits per heavy atom. The topological polar surface area (TPSA) is 30.5 Å². The van der Waals surface area contributed by atoms with Gasteiger partial charge in [-0.3, -0.25) is 0 Å². The van der Waals surface area contributed by atoms with E-state index < -0.39 is 0 Å². The maximum atomic E-state index is 6.69. The summed E-state index contributed by atoms with van der Waals surface area (Å²) < 4.78 is 13.4. The summed E-state index contributed by atoms with van der Waals surface area (Å²) >= 11 is 0. The third-order valence-electron chi connectivity index (χ3n) is 20.8. The molecule has 3 aliphatic rings. The minimum Gasteiger partial charge on any atom is -0.348 e. The van der Waals surface area contributed by atoms with Gasteiger partial charge in [0.05, 0.1) is 13.2 Å². The first-order valence-corrected chi connectivity index (χ1v) is 39.4. The number of hydrogen-bond donors (Lipinski definition) is 1. The van der Waals surface area contributed by atoms with Crippen molar-refractivity contribution in [1.29, 1.82) is 0 Å². The van der Waals surface area contributed by atoms with Crippen molar-refractivity contribution < 1.29 is 9.47 Å². The molecule has 0 aromatic carbocycles. The van der Waals surface area contributed by atoms with Crippen LogP contribution in [0.3, 0.4) is 0 Å². The van der Waals surface area contributed by atoms with E-state index in [2.05, 4.69) is 5.32 Å². The number of nitrogens with one attached hydrogen (secondary N) is 1. The molecule has 2 aliphatic heterocycles. The highest BCUT2D eigenvalue weighted by Gasteiger charge is 2.39. The van der Waals surface area contributed by atoms with E-state index in [-0.39, 0.29) is 11.3 Å². The van der Waals surface area contributed by atoms with Gasteiger partial charge in [-0.05, 0) is 38.6 Å². The Morgan fingerprint density at radius 2 is 0.309 bits per heavy atom. The van der Waals surface area contributed by atoms with Crippen LogP contribution in [0.1, 0.15) is 469 Å². The Labute approximate surface area is 512 Å². The van der Waals surface area contributed by atoms with Gasteiger partial charge >= 0.3 is 0 Å². The van der Waals surface area contributed by atoms with Crippen LogP contribution in [0.5, 0.6) is 0 Å². The Kier molecular flexibility index (Phi) is 55.8. The fourth-order valence-corrected chi connectivity index (χ4v) is 15.1. The minimum absolute atomic E-state index is 0.229. The minimum atomic E-state index is -0.338. The molecular formula is C78H153NO2. The van der Waals surface area contributed by atoms with Crippen molar-refractivity contribution in [3.8, 4) is 0 Å². The molecule has 0 aromatic rings. The lowest BCUT2D eigenvalue weighted by molar-refractivity contribution is -0.171. The van der Waals surface area contributed by atoms with Crippen molar-refractivity contribution in [2.24, 2.45) is 0 Å². The van der Waals surface area contributed by atoms with E-state index in [4.69, 9.17) is 9.47 Å². The van der Waals surface area contributed by atoms with Crippen molar-refractivity contribution in [2.45, 2.75) is 480 Å². The normalized spacial score (nSPS) is 27.0. The number of ether oxygens (including phenoxy) is 2. The van der Waals surface area contributed by atoms with Crippen LogP contribution in [-0.2, 0) is 9.47 Å². The molecule has 2 heterocycles. The molecule has 3 fully saturated rings. The van der Waals surface area contributed by atoms with Gasteiger partial charge in [-0.15, -0.1) is 0 Å². The van der Waals surface area contributed by atoms with Crippen LogP contribution in [0.25, 0.3) is 0 Å². The Balaban J connectivity index is 1.48. The summed E-state index contributed by atoms with van der Waals surface area (Å²) in [6.45, 7) is 2.79. The molecule has 81 heavy (non-hydrogen) atoms. The SMILES string of the molecule is C1CCCCCCCCCCCCCCCCCCCCCCCNC2(CCCCCCCCCCCCCCCCCCCCCCC1)CCCCCCCCCCCCCCCCCCCCCCCCCC1(CC2)OCCO1. The second-order valence-electron chi connectivity index (χ2n) is 28.6. The van der Waals surface area contributed by atoms with Crippen molar-refractivity contribution in [1.82, 2.24) is 5.32 Å². The number of rotatable bonds is 0. The molecule has 1 atom stereocenters. The second-order valence-corrected chi connectivity index (χ2v) is 28.6. The fraction of sp³-hybridized carbons (Fsp3) is 1.00. The summed E-state index contributed by atoms with van der Waals surface area (Å²) in [7, 11) is 0. The highest BCUT2D eigenvalue weighted by molar-refractivity contribution is 4.91. The Hall–Kier alpha value is -0.120. The van der Waals surface area contributed by atoms with Crippen LogP contribution in [0.4, 0.5) is 0 Å². The zero-order valence-corrected chi connectivity index (χ0v) is 56.1. The summed E-state index contributed by atoms with van der Waals surface area (Å²) in [5, 5.41) is 4.44. The van der Waals surface area contributed by atoms with Crippen LogP contribution >= 0.6 is 0 Å². The standard InChI is InChI=1S/C78H153NO2/c1-2-4-6-8-10-12-14-16-18-20-22-25-29-33-37-41-45-49-53-57-61-65-69-77(79-74-68-64-60-56-52-48-44-40-36-32-28-23-21-19-17-15-13-11-9-7-5-3-1)70-66-62-58-54-50-46-42-38-34-30-26-24-27-31-35-39-43-47-51-55-59-63-67-71-78(73-72-77)80-75-76-81-78/h79H,1-76H2. The van der Waals surface area contributed by atoms with E-state index in [1.807, 2.05) is 0 Å². The molecule has 0 aromatic heterocycles. The highest BCUT2D eigenvalue weighted by atomic mass is 16.7. The summed E-state index contributed by atoms with van der Waals surface area (Å²) in [6.07, 6.45) is 105. The lowest BCUT2D eigenvalue weighted by Gasteiger charge is -2.39. The third-order valence-corrected chi connectivity index (χ3v) is 20.8. The molecule has 482 valence electrons. The molecule has 0 bridgehead atoms. The maximum Gasteiger partial charge on any atom is 0.168 e. The van der Waals surface area contributed by atoms with Gasteiger partial charge in [0, 0.05) is 18.4 Å². The lowest BCUT2D eigenvalue weighted by atomic mass is 9.80. The molecule has 3 heteroatoms. The van der Waals surface area contributed by atoms with Crippen LogP contribution < -0.4 is 5.32 Å². The summed E-state index contributed by atoms with van der Waals surface area (Å²) in [5.41, 5.74) is 0.229. The molecular weight excluding hydrogens is 983 g/mol. The van der Waals surface area contributed by atoms with Crippen LogP contribution in [-0.4, -0.2) is 31.1 Å². The van der Waals surface area contributed by atoms with Gasteiger partial charge in [0.2, 0.25) is 0 Å². The van der Waals surface area contributed by atoms with E-state index in [9.17, 15) is 0 Å². The predicted molar refractivity (Wildman–Crippen MR) is 362 cm³/mol. The molecule has 0 radical (unpaired) electrons. The molecule has 2 saturated heterocycles. The Morgan fingerprint density at radius 3 is 0.506 bits per heavy atom. The average molecular weight is 1140 g/mol. The van der Waals surface area contributed by atoms with Gasteiger partial charge in [-0.2, -0.15) is 0 Å². The monoisotopic (exact) mass is 1140 g/mol. The van der Waals surface area contributed by atoms with Crippen LogP contribution in [0.2, 0.25) is 0 Å². The van der Waals surface area contributed by atoms with E-state index in [0.29, 0.717) is 0 Å². The van der Waals surface area contributed by atoms with Crippen molar-refractivity contribution in [3.63, 3.8) is 0 Å². The zero-order chi connectivity index (χ0) is 56.9. The van der Waals surface area contributed by atoms with Crippen molar-refractivity contribution in [3.05, 3.63) is 0 Å². The molecule has 3 nitrogen and oxygen atoms in total. The van der Waals surface area contributed by atoms with E-state index >= 15 is 0 Å². The van der Waals surface area contributed by atoms with Crippen molar-refractivity contribution >= 4 is 0 Å². The molecule has 2 spiro atoms. The first kappa shape index (κ1) is 75.1. The molecule has 1 unspecified atom stereocenters. The van der Waals surface area contributed by atoms with Crippen LogP contribution in [0, 0.1) is 0 Å². The molecule has 1 aliphatic carbocycles. The third kappa shape index (κ3) is 49.6. The summed E-state index contributed by atoms with van der Waals surface area (Å²) in [4.78, 5) is 0. The Bertz CT molecular complexity index is 1150.